The van der Waals surface area contributed by atoms with Crippen LogP contribution in [0.5, 0.6) is 5.75 Å². The molecule has 2 unspecified atom stereocenters. The molecule has 6 N–H and O–H groups in total. The SMILES string of the molecule is CC(=O)NCCOCCC(=O)NC(CCCCNC(=O)c1ccc(N=Nc2ccc(N(C)C)cc2)cc1)C(=O)NCCCCCCCC(=O)C(F)c1ccccc1OP(=O)(O)O. The predicted molar refractivity (Wildman–Crippen MR) is 232 cm³/mol. The van der Waals surface area contributed by atoms with E-state index in [1.165, 1.54) is 31.2 Å². The smallest absolute Gasteiger partial charge is 0.404 e. The summed E-state index contributed by atoms with van der Waals surface area (Å²) in [6.45, 7) is 2.75. The number of rotatable bonds is 29. The Balaban J connectivity index is 1.39. The number of azo groups is 1. The Morgan fingerprint density at radius 1 is 0.742 bits per heavy atom. The van der Waals surface area contributed by atoms with Crippen molar-refractivity contribution in [3.8, 4) is 5.75 Å². The van der Waals surface area contributed by atoms with E-state index in [2.05, 4.69) is 36.0 Å². The number of unbranched alkanes of at least 4 members (excludes halogenated alkanes) is 5. The zero-order chi connectivity index (χ0) is 45.3. The van der Waals surface area contributed by atoms with Crippen molar-refractivity contribution in [3.63, 3.8) is 0 Å². The molecule has 0 aliphatic carbocycles. The van der Waals surface area contributed by atoms with Crippen molar-refractivity contribution in [1.29, 1.82) is 0 Å². The molecule has 0 saturated heterocycles. The number of Topliss-reactive ketones (excluding diaryl/α,β-unsaturated/α-hetero) is 1. The van der Waals surface area contributed by atoms with Crippen LogP contribution in [0.4, 0.5) is 21.5 Å². The fraction of sp³-hybridized carbons (Fsp3) is 0.465. The summed E-state index contributed by atoms with van der Waals surface area (Å²) in [5, 5.41) is 19.6. The maximum atomic E-state index is 14.9. The number of carbonyl (C=O) groups excluding carboxylic acids is 5. The quantitative estimate of drug-likeness (QED) is 0.0257. The van der Waals surface area contributed by atoms with Crippen molar-refractivity contribution < 1.29 is 52.0 Å². The minimum Gasteiger partial charge on any atom is -0.404 e. The Morgan fingerprint density at radius 2 is 1.35 bits per heavy atom. The second kappa shape index (κ2) is 27.4. The monoisotopic (exact) mass is 883 g/mol. The van der Waals surface area contributed by atoms with Gasteiger partial charge in [0.25, 0.3) is 5.91 Å². The van der Waals surface area contributed by atoms with Gasteiger partial charge in [0.2, 0.25) is 17.7 Å². The summed E-state index contributed by atoms with van der Waals surface area (Å²) in [5.74, 6) is -2.27. The van der Waals surface area contributed by atoms with E-state index >= 15 is 0 Å². The van der Waals surface area contributed by atoms with Gasteiger partial charge in [-0.05, 0) is 86.7 Å². The van der Waals surface area contributed by atoms with Gasteiger partial charge in [0, 0.05) is 70.3 Å². The Kier molecular flexibility index (Phi) is 22.5. The first kappa shape index (κ1) is 50.8. The molecule has 3 aromatic carbocycles. The molecule has 0 heterocycles. The van der Waals surface area contributed by atoms with Gasteiger partial charge in [0.1, 0.15) is 11.8 Å². The summed E-state index contributed by atoms with van der Waals surface area (Å²) in [4.78, 5) is 82.4. The number of halogens is 1. The third kappa shape index (κ3) is 20.3. The van der Waals surface area contributed by atoms with Crippen LogP contribution in [0.2, 0.25) is 0 Å². The molecule has 0 saturated carbocycles. The number of para-hydroxylation sites is 1. The van der Waals surface area contributed by atoms with Gasteiger partial charge in [-0.25, -0.2) is 8.96 Å². The number of benzene rings is 3. The fourth-order valence-corrected chi connectivity index (χ4v) is 6.40. The largest absolute Gasteiger partial charge is 0.524 e. The second-order valence-electron chi connectivity index (χ2n) is 14.6. The van der Waals surface area contributed by atoms with Crippen molar-refractivity contribution in [2.75, 3.05) is 51.8 Å². The van der Waals surface area contributed by atoms with Gasteiger partial charge in [0.15, 0.2) is 12.0 Å². The number of phosphoric acid groups is 1. The molecule has 2 atom stereocenters. The Bertz CT molecular complexity index is 1960. The lowest BCUT2D eigenvalue weighted by Crippen LogP contribution is -2.47. The zero-order valence-electron chi connectivity index (χ0n) is 35.5. The maximum absolute atomic E-state index is 14.9. The van der Waals surface area contributed by atoms with Crippen LogP contribution >= 0.6 is 7.82 Å². The van der Waals surface area contributed by atoms with Crippen molar-refractivity contribution >= 4 is 54.3 Å². The minimum atomic E-state index is -4.94. The number of ether oxygens (including phenoxy) is 1. The third-order valence-corrected chi connectivity index (χ3v) is 9.75. The predicted octanol–water partition coefficient (Wildman–Crippen LogP) is 6.30. The lowest BCUT2D eigenvalue weighted by molar-refractivity contribution is -0.129. The fourth-order valence-electron chi connectivity index (χ4n) is 5.98. The first-order chi connectivity index (χ1) is 29.6. The molecule has 0 aromatic heterocycles. The molecule has 0 spiro atoms. The highest BCUT2D eigenvalue weighted by molar-refractivity contribution is 7.46. The molecule has 0 aliphatic rings. The molecule has 62 heavy (non-hydrogen) atoms. The van der Waals surface area contributed by atoms with Gasteiger partial charge in [-0.15, -0.1) is 0 Å². The van der Waals surface area contributed by atoms with Gasteiger partial charge < -0.3 is 35.4 Å². The van der Waals surface area contributed by atoms with Gasteiger partial charge in [-0.2, -0.15) is 10.2 Å². The number of hydrogen-bond acceptors (Lipinski definition) is 11. The van der Waals surface area contributed by atoms with Crippen molar-refractivity contribution in [1.82, 2.24) is 21.3 Å². The van der Waals surface area contributed by atoms with Crippen molar-refractivity contribution in [3.05, 3.63) is 83.9 Å². The summed E-state index contributed by atoms with van der Waals surface area (Å²) >= 11 is 0. The van der Waals surface area contributed by atoms with Crippen LogP contribution in [-0.2, 0) is 28.5 Å². The first-order valence-corrected chi connectivity index (χ1v) is 22.1. The molecule has 0 fully saturated rings. The number of phosphoric ester groups is 1. The average molecular weight is 884 g/mol. The number of alkyl halides is 1. The number of ketones is 1. The molecule has 17 nitrogen and oxygen atoms in total. The Morgan fingerprint density at radius 3 is 2.02 bits per heavy atom. The van der Waals surface area contributed by atoms with Gasteiger partial charge in [-0.1, -0.05) is 37.5 Å². The number of amides is 4. The summed E-state index contributed by atoms with van der Waals surface area (Å²) < 4.78 is 36.1. The third-order valence-electron chi connectivity index (χ3n) is 9.32. The van der Waals surface area contributed by atoms with Gasteiger partial charge in [0.05, 0.1) is 24.6 Å². The maximum Gasteiger partial charge on any atom is 0.524 e. The van der Waals surface area contributed by atoms with E-state index in [0.717, 1.165) is 12.1 Å². The molecule has 0 bridgehead atoms. The number of carbonyl (C=O) groups is 5. The van der Waals surface area contributed by atoms with Crippen LogP contribution < -0.4 is 30.7 Å². The zero-order valence-corrected chi connectivity index (χ0v) is 36.4. The molecular formula is C43H59FN7O10P. The molecule has 4 amide bonds. The van der Waals surface area contributed by atoms with E-state index in [4.69, 9.17) is 14.5 Å². The van der Waals surface area contributed by atoms with Crippen LogP contribution in [0.25, 0.3) is 0 Å². The molecule has 3 aromatic rings. The van der Waals surface area contributed by atoms with E-state index in [9.17, 15) is 32.9 Å². The summed E-state index contributed by atoms with van der Waals surface area (Å²) in [6.07, 6.45) is 2.36. The Labute approximate surface area is 361 Å². The van der Waals surface area contributed by atoms with Crippen molar-refractivity contribution in [2.24, 2.45) is 10.2 Å². The molecule has 0 aliphatic heterocycles. The normalized spacial score (nSPS) is 12.3. The average Bonchev–Trinajstić information content (AvgIpc) is 3.23. The number of nitrogens with zero attached hydrogens (tertiary/aromatic N) is 3. The highest BCUT2D eigenvalue weighted by atomic mass is 31.2. The topological polar surface area (TPSA) is 237 Å². The highest BCUT2D eigenvalue weighted by Crippen LogP contribution is 2.41. The van der Waals surface area contributed by atoms with Crippen LogP contribution in [0.3, 0.4) is 0 Å². The number of nitrogens with one attached hydrogen (secondary N) is 4. The van der Waals surface area contributed by atoms with E-state index in [0.29, 0.717) is 81.5 Å². The van der Waals surface area contributed by atoms with Gasteiger partial charge >= 0.3 is 7.82 Å². The molecule has 0 radical (unpaired) electrons. The van der Waals surface area contributed by atoms with E-state index in [1.54, 1.807) is 24.3 Å². The number of hydrogen-bond donors (Lipinski definition) is 6. The summed E-state index contributed by atoms with van der Waals surface area (Å²) in [7, 11) is -1.02. The minimum absolute atomic E-state index is 0.0171. The molecule has 19 heteroatoms. The summed E-state index contributed by atoms with van der Waals surface area (Å²) in [5.41, 5.74) is 2.56. The summed E-state index contributed by atoms with van der Waals surface area (Å²) in [6, 6.07) is 18.9. The van der Waals surface area contributed by atoms with Crippen molar-refractivity contribution in [2.45, 2.75) is 83.3 Å². The van der Waals surface area contributed by atoms with Crippen LogP contribution in [0.1, 0.15) is 93.2 Å². The highest BCUT2D eigenvalue weighted by Gasteiger charge is 2.26. The first-order valence-electron chi connectivity index (χ1n) is 20.6. The number of anilines is 1. The van der Waals surface area contributed by atoms with E-state index < -0.39 is 25.8 Å². The van der Waals surface area contributed by atoms with Gasteiger partial charge in [-0.3, -0.25) is 33.8 Å². The van der Waals surface area contributed by atoms with Crippen LogP contribution in [0, 0.1) is 0 Å². The standard InChI is InChI=1S/C43H59FN7O10P/c1-31(52)45-28-30-60-29-25-40(54)48-37(14-10-12-27-46-42(55)32-17-19-33(20-18-32)49-50-34-21-23-35(24-22-34)51(2)3)43(56)47-26-11-6-4-5-7-15-38(53)41(44)36-13-8-9-16-39(36)61-62(57,58)59/h8-9,13,16-24,37,41H,4-7,10-12,14-15,25-30H2,1-3H3,(H,45,52)(H,46,55)(H,47,56)(H,48,54)(H2,57,58,59). The lowest BCUT2D eigenvalue weighted by atomic mass is 10.0. The Hall–Kier alpha value is -5.55. The van der Waals surface area contributed by atoms with Crippen LogP contribution in [0.15, 0.2) is 83.0 Å². The lowest BCUT2D eigenvalue weighted by Gasteiger charge is -2.19. The molecule has 338 valence electrons. The van der Waals surface area contributed by atoms with Crippen LogP contribution in [-0.4, -0.2) is 92.2 Å². The van der Waals surface area contributed by atoms with E-state index in [-0.39, 0.29) is 61.0 Å². The molecular weight excluding hydrogens is 824 g/mol. The van der Waals surface area contributed by atoms with E-state index in [1.807, 2.05) is 43.3 Å². The second-order valence-corrected chi connectivity index (χ2v) is 15.8. The molecule has 3 rings (SSSR count).